The van der Waals surface area contributed by atoms with Crippen LogP contribution in [0.25, 0.3) is 21.8 Å². The maximum atomic E-state index is 12.9. The highest BCUT2D eigenvalue weighted by Gasteiger charge is 2.31. The number of rotatable bonds is 12. The molecule has 0 spiro atoms. The van der Waals surface area contributed by atoms with Gasteiger partial charge in [0.15, 0.2) is 13.2 Å². The number of pyridine rings is 2. The number of nitrogens with one attached hydrogen (secondary N) is 1. The second-order valence-corrected chi connectivity index (χ2v) is 12.2. The van der Waals surface area contributed by atoms with E-state index >= 15 is 0 Å². The monoisotopic (exact) mass is 758 g/mol. The predicted molar refractivity (Wildman–Crippen MR) is 185 cm³/mol. The lowest BCUT2D eigenvalue weighted by Gasteiger charge is -2.19. The van der Waals surface area contributed by atoms with Gasteiger partial charge in [-0.15, -0.1) is 0 Å². The van der Waals surface area contributed by atoms with Crippen molar-refractivity contribution in [3.05, 3.63) is 97.8 Å². The van der Waals surface area contributed by atoms with Gasteiger partial charge in [0, 0.05) is 20.8 Å². The minimum Gasteiger partial charge on any atom is -0.497 e. The number of hydrogen-bond acceptors (Lipinski definition) is 6. The number of ether oxygens (including phenoxy) is 4. The molecular weight excluding hydrogens is 725 g/mol. The Labute approximate surface area is 299 Å². The highest BCUT2D eigenvalue weighted by atomic mass is 35.5. The molecule has 0 unspecified atom stereocenters. The predicted octanol–water partition coefficient (Wildman–Crippen LogP) is 10.4. The molecule has 0 bridgehead atoms. The van der Waals surface area contributed by atoms with Gasteiger partial charge >= 0.3 is 12.4 Å². The molecule has 51 heavy (non-hydrogen) atoms. The van der Waals surface area contributed by atoms with E-state index in [0.29, 0.717) is 68.8 Å². The van der Waals surface area contributed by atoms with Crippen LogP contribution in [-0.4, -0.2) is 42.6 Å². The molecule has 0 saturated heterocycles. The number of hydrogen-bond donors (Lipinski definition) is 1. The van der Waals surface area contributed by atoms with Crippen LogP contribution in [0.1, 0.15) is 43.4 Å². The van der Waals surface area contributed by atoms with Crippen LogP contribution in [0.2, 0.25) is 10.0 Å². The van der Waals surface area contributed by atoms with Crippen LogP contribution in [0.15, 0.2) is 65.5 Å². The zero-order valence-electron chi connectivity index (χ0n) is 27.7. The van der Waals surface area contributed by atoms with Gasteiger partial charge in [-0.1, -0.05) is 62.0 Å². The number of aromatic nitrogens is 2. The summed E-state index contributed by atoms with van der Waals surface area (Å²) in [6.45, 7) is 1.09. The minimum absolute atomic E-state index is 0.0459. The van der Waals surface area contributed by atoms with Crippen molar-refractivity contribution in [2.75, 3.05) is 20.3 Å². The molecule has 5 aromatic rings. The summed E-state index contributed by atoms with van der Waals surface area (Å²) in [5, 5.41) is 1.53. The normalized spacial score (nSPS) is 11.7. The van der Waals surface area contributed by atoms with Gasteiger partial charge in [-0.2, -0.15) is 26.3 Å². The molecule has 274 valence electrons. The first-order chi connectivity index (χ1) is 24.1. The lowest BCUT2D eigenvalue weighted by Crippen LogP contribution is -2.22. The summed E-state index contributed by atoms with van der Waals surface area (Å²) in [6.07, 6.45) is -6.89. The van der Waals surface area contributed by atoms with Crippen LogP contribution in [-0.2, 0) is 19.4 Å². The Morgan fingerprint density at radius 1 is 0.725 bits per heavy atom. The van der Waals surface area contributed by atoms with Crippen molar-refractivity contribution in [2.24, 2.45) is 0 Å². The van der Waals surface area contributed by atoms with Crippen LogP contribution in [0, 0.1) is 0 Å². The van der Waals surface area contributed by atoms with Crippen LogP contribution in [0.5, 0.6) is 23.1 Å². The molecule has 0 fully saturated rings. The third-order valence-electron chi connectivity index (χ3n) is 7.28. The number of alkyl halides is 6. The van der Waals surface area contributed by atoms with Gasteiger partial charge < -0.3 is 23.9 Å². The lowest BCUT2D eigenvalue weighted by molar-refractivity contribution is -0.154. The Balaban J connectivity index is 0.000000244. The third-order valence-corrected chi connectivity index (χ3v) is 7.75. The zero-order valence-corrected chi connectivity index (χ0v) is 29.2. The number of fused-ring (bicyclic) bond motifs is 2. The van der Waals surface area contributed by atoms with E-state index in [1.807, 2.05) is 26.0 Å². The second kappa shape index (κ2) is 17.2. The van der Waals surface area contributed by atoms with Gasteiger partial charge in [0.05, 0.1) is 29.3 Å². The molecule has 0 amide bonds. The minimum atomic E-state index is -4.48. The van der Waals surface area contributed by atoms with Crippen molar-refractivity contribution in [3.8, 4) is 23.1 Å². The molecule has 5 rings (SSSR count). The number of benzene rings is 3. The smallest absolute Gasteiger partial charge is 0.422 e. The van der Waals surface area contributed by atoms with E-state index in [1.54, 1.807) is 43.5 Å². The van der Waals surface area contributed by atoms with E-state index in [4.69, 9.17) is 42.1 Å². The van der Waals surface area contributed by atoms with Crippen molar-refractivity contribution in [2.45, 2.75) is 58.5 Å². The topological polar surface area (TPSA) is 82.7 Å². The van der Waals surface area contributed by atoms with E-state index in [2.05, 4.69) is 9.97 Å². The van der Waals surface area contributed by atoms with Gasteiger partial charge in [-0.05, 0) is 66.9 Å². The molecule has 2 aromatic heterocycles. The molecule has 0 saturated carbocycles. The summed E-state index contributed by atoms with van der Waals surface area (Å²) in [5.41, 5.74) is 1.96. The van der Waals surface area contributed by atoms with Gasteiger partial charge in [-0.3, -0.25) is 4.79 Å². The summed E-state index contributed by atoms with van der Waals surface area (Å²) in [5.74, 6) is 1.02. The SMILES string of the molecule is CCCc1c(OCC(F)(F)F)c2cc(Cl)ccc2[nH]c1=O.CCCc1c(OCc2ccc(OC)cc2)nc2ccc(Cl)cc2c1OCC(F)(F)F. The average Bonchev–Trinajstić information content (AvgIpc) is 3.07. The first kappa shape index (κ1) is 39.4. The molecule has 2 heterocycles. The number of H-pyrrole nitrogens is 1. The Morgan fingerprint density at radius 3 is 1.84 bits per heavy atom. The lowest BCUT2D eigenvalue weighted by atomic mass is 10.1. The second-order valence-electron chi connectivity index (χ2n) is 11.3. The van der Waals surface area contributed by atoms with Crippen LogP contribution in [0.3, 0.4) is 0 Å². The summed E-state index contributed by atoms with van der Waals surface area (Å²) in [4.78, 5) is 19.2. The van der Waals surface area contributed by atoms with Gasteiger partial charge in [0.25, 0.3) is 5.56 Å². The van der Waals surface area contributed by atoms with E-state index in [-0.39, 0.29) is 29.5 Å². The highest BCUT2D eigenvalue weighted by Crippen LogP contribution is 2.38. The number of aromatic amines is 1. The fourth-order valence-corrected chi connectivity index (χ4v) is 5.42. The molecule has 15 heteroatoms. The fraction of sp³-hybridized carbons (Fsp3) is 0.333. The first-order valence-corrected chi connectivity index (χ1v) is 16.5. The summed E-state index contributed by atoms with van der Waals surface area (Å²) in [6, 6.07) is 16.7. The van der Waals surface area contributed by atoms with E-state index in [9.17, 15) is 31.1 Å². The molecule has 0 atom stereocenters. The molecular formula is C36H34Cl2F6N2O5. The molecule has 0 aliphatic carbocycles. The molecule has 0 aliphatic heterocycles. The highest BCUT2D eigenvalue weighted by molar-refractivity contribution is 6.31. The maximum Gasteiger partial charge on any atom is 0.422 e. The van der Waals surface area contributed by atoms with Crippen LogP contribution >= 0.6 is 23.2 Å². The molecule has 0 radical (unpaired) electrons. The van der Waals surface area contributed by atoms with E-state index < -0.39 is 31.1 Å². The van der Waals surface area contributed by atoms with Crippen molar-refractivity contribution >= 4 is 45.0 Å². The summed E-state index contributed by atoms with van der Waals surface area (Å²) in [7, 11) is 1.58. The molecule has 1 N–H and O–H groups in total. The molecule has 0 aliphatic rings. The largest absolute Gasteiger partial charge is 0.497 e. The van der Waals surface area contributed by atoms with Crippen molar-refractivity contribution < 1.29 is 45.3 Å². The van der Waals surface area contributed by atoms with Gasteiger partial charge in [0.1, 0.15) is 23.9 Å². The van der Waals surface area contributed by atoms with Crippen molar-refractivity contribution in [1.82, 2.24) is 9.97 Å². The van der Waals surface area contributed by atoms with Crippen LogP contribution in [0.4, 0.5) is 26.3 Å². The summed E-state index contributed by atoms with van der Waals surface area (Å²) >= 11 is 11.9. The Hall–Kier alpha value is -4.36. The number of methoxy groups -OCH3 is 1. The van der Waals surface area contributed by atoms with E-state index in [1.165, 1.54) is 12.1 Å². The standard InChI is InChI=1S/C22H21ClF3NO3.C14H13ClF3NO2/c1-3-4-17-20(30-13-22(24,25)26)18-11-15(23)7-10-19(18)27-21(17)29-12-14-5-8-16(28-2)9-6-14;1-2-3-9-12(21-7-14(16,17)18)10-6-8(15)4-5-11(10)19-13(9)20/h5-11H,3-4,12-13H2,1-2H3;4-6H,2-3,7H2,1H3,(H,19,20). The average molecular weight is 760 g/mol. The zero-order chi connectivity index (χ0) is 37.3. The van der Waals surface area contributed by atoms with Gasteiger partial charge in [-0.25, -0.2) is 4.98 Å². The maximum absolute atomic E-state index is 12.9. The first-order valence-electron chi connectivity index (χ1n) is 15.7. The Bertz CT molecular complexity index is 2000. The number of nitrogens with zero attached hydrogens (tertiary/aromatic N) is 1. The molecule has 3 aromatic carbocycles. The summed E-state index contributed by atoms with van der Waals surface area (Å²) < 4.78 is 97.0. The Kier molecular flexibility index (Phi) is 13.3. The van der Waals surface area contributed by atoms with Gasteiger partial charge in [0.2, 0.25) is 5.88 Å². The van der Waals surface area contributed by atoms with Crippen LogP contribution < -0.4 is 24.5 Å². The number of halogens is 8. The quantitative estimate of drug-likeness (QED) is 0.128. The molecule has 7 nitrogen and oxygen atoms in total. The fourth-order valence-electron chi connectivity index (χ4n) is 5.08. The van der Waals surface area contributed by atoms with Crippen molar-refractivity contribution in [3.63, 3.8) is 0 Å². The van der Waals surface area contributed by atoms with E-state index in [0.717, 1.165) is 5.56 Å². The Morgan fingerprint density at radius 2 is 1.27 bits per heavy atom. The van der Waals surface area contributed by atoms with Crippen molar-refractivity contribution in [1.29, 1.82) is 0 Å². The third kappa shape index (κ3) is 11.1.